The van der Waals surface area contributed by atoms with Crippen molar-refractivity contribution in [3.8, 4) is 0 Å². The van der Waals surface area contributed by atoms with Crippen molar-refractivity contribution < 1.29 is 14.7 Å². The summed E-state index contributed by atoms with van der Waals surface area (Å²) in [5, 5.41) is 17.4. The number of amides is 2. The van der Waals surface area contributed by atoms with Crippen LogP contribution in [0.5, 0.6) is 0 Å². The maximum atomic E-state index is 11.3. The van der Waals surface area contributed by atoms with Crippen LogP contribution in [0, 0.1) is 0 Å². The van der Waals surface area contributed by atoms with E-state index in [1.54, 1.807) is 0 Å². The minimum absolute atomic E-state index is 0.147. The van der Waals surface area contributed by atoms with E-state index in [-0.39, 0.29) is 12.5 Å². The number of rotatable bonds is 6. The number of unbranched alkanes of at least 4 members (excludes halogenated alkanes) is 1. The van der Waals surface area contributed by atoms with Crippen molar-refractivity contribution in [3.05, 3.63) is 16.8 Å². The van der Waals surface area contributed by atoms with E-state index in [1.165, 1.54) is 11.3 Å². The van der Waals surface area contributed by atoms with E-state index < -0.39 is 5.97 Å². The van der Waals surface area contributed by atoms with Crippen molar-refractivity contribution in [1.82, 2.24) is 5.32 Å². The van der Waals surface area contributed by atoms with E-state index in [0.717, 1.165) is 5.69 Å². The number of carboxylic acid groups (broad SMARTS) is 1. The van der Waals surface area contributed by atoms with E-state index in [0.29, 0.717) is 19.4 Å². The molecule has 0 aliphatic rings. The average molecular weight is 242 g/mol. The molecule has 1 heterocycles. The van der Waals surface area contributed by atoms with E-state index in [1.807, 2.05) is 16.8 Å². The van der Waals surface area contributed by atoms with Gasteiger partial charge in [-0.2, -0.15) is 11.3 Å². The summed E-state index contributed by atoms with van der Waals surface area (Å²) in [5.74, 6) is -0.803. The van der Waals surface area contributed by atoms with Gasteiger partial charge in [0, 0.05) is 18.3 Å². The van der Waals surface area contributed by atoms with E-state index in [9.17, 15) is 9.59 Å². The lowest BCUT2D eigenvalue weighted by Crippen LogP contribution is -2.29. The number of anilines is 1. The van der Waals surface area contributed by atoms with Crippen LogP contribution in [0.15, 0.2) is 16.8 Å². The van der Waals surface area contributed by atoms with Crippen LogP contribution in [0.25, 0.3) is 0 Å². The number of carboxylic acids is 1. The van der Waals surface area contributed by atoms with Gasteiger partial charge in [0.15, 0.2) is 0 Å². The summed E-state index contributed by atoms with van der Waals surface area (Å²) >= 11 is 1.51. The van der Waals surface area contributed by atoms with Gasteiger partial charge in [-0.25, -0.2) is 4.79 Å². The van der Waals surface area contributed by atoms with Crippen molar-refractivity contribution in [2.75, 3.05) is 11.9 Å². The molecule has 3 N–H and O–H groups in total. The zero-order chi connectivity index (χ0) is 11.8. The summed E-state index contributed by atoms with van der Waals surface area (Å²) in [5.41, 5.74) is 0.771. The van der Waals surface area contributed by atoms with Gasteiger partial charge >= 0.3 is 12.0 Å². The monoisotopic (exact) mass is 242 g/mol. The summed E-state index contributed by atoms with van der Waals surface area (Å²) < 4.78 is 0. The van der Waals surface area contributed by atoms with Gasteiger partial charge in [-0.1, -0.05) is 0 Å². The first-order chi connectivity index (χ1) is 7.68. The molecule has 1 aromatic rings. The molecule has 0 saturated heterocycles. The second kappa shape index (κ2) is 6.84. The molecule has 1 aromatic heterocycles. The van der Waals surface area contributed by atoms with Gasteiger partial charge in [0.05, 0.1) is 5.69 Å². The summed E-state index contributed by atoms with van der Waals surface area (Å²) in [4.78, 5) is 21.5. The van der Waals surface area contributed by atoms with Crippen LogP contribution < -0.4 is 10.6 Å². The number of carbonyl (C=O) groups excluding carboxylic acids is 1. The molecule has 0 aromatic carbocycles. The Hall–Kier alpha value is -1.56. The van der Waals surface area contributed by atoms with Crippen molar-refractivity contribution in [3.63, 3.8) is 0 Å². The molecule has 0 unspecified atom stereocenters. The summed E-state index contributed by atoms with van der Waals surface area (Å²) in [6.07, 6.45) is 1.39. The quantitative estimate of drug-likeness (QED) is 0.668. The topological polar surface area (TPSA) is 78.4 Å². The van der Waals surface area contributed by atoms with Crippen molar-refractivity contribution in [2.24, 2.45) is 0 Å². The Morgan fingerprint density at radius 1 is 1.38 bits per heavy atom. The SMILES string of the molecule is O=C(O)CCCCNC(=O)Nc1ccsc1. The van der Waals surface area contributed by atoms with E-state index in [2.05, 4.69) is 10.6 Å². The Labute approximate surface area is 97.5 Å². The number of thiophene rings is 1. The highest BCUT2D eigenvalue weighted by atomic mass is 32.1. The normalized spacial score (nSPS) is 9.75. The molecule has 0 fully saturated rings. The van der Waals surface area contributed by atoms with Crippen LogP contribution in [-0.4, -0.2) is 23.7 Å². The molecular weight excluding hydrogens is 228 g/mol. The summed E-state index contributed by atoms with van der Waals surface area (Å²) in [6, 6.07) is 1.56. The molecule has 0 bridgehead atoms. The van der Waals surface area contributed by atoms with Crippen LogP contribution in [-0.2, 0) is 4.79 Å². The first-order valence-electron chi connectivity index (χ1n) is 4.97. The van der Waals surface area contributed by atoms with E-state index in [4.69, 9.17) is 5.11 Å². The van der Waals surface area contributed by atoms with Gasteiger partial charge in [0.2, 0.25) is 0 Å². The second-order valence-electron chi connectivity index (χ2n) is 3.24. The molecule has 5 nitrogen and oxygen atoms in total. The third-order valence-electron chi connectivity index (χ3n) is 1.88. The molecule has 88 valence electrons. The molecule has 6 heteroatoms. The molecule has 0 aliphatic heterocycles. The maximum Gasteiger partial charge on any atom is 0.319 e. The zero-order valence-corrected chi connectivity index (χ0v) is 9.55. The lowest BCUT2D eigenvalue weighted by Gasteiger charge is -2.05. The second-order valence-corrected chi connectivity index (χ2v) is 4.02. The highest BCUT2D eigenvalue weighted by Crippen LogP contribution is 2.11. The Kier molecular flexibility index (Phi) is 5.35. The highest BCUT2D eigenvalue weighted by molar-refractivity contribution is 7.08. The fourth-order valence-corrected chi connectivity index (χ4v) is 1.70. The smallest absolute Gasteiger partial charge is 0.319 e. The molecule has 0 aliphatic carbocycles. The number of hydrogen-bond acceptors (Lipinski definition) is 3. The number of urea groups is 1. The molecule has 1 rings (SSSR count). The Morgan fingerprint density at radius 3 is 2.81 bits per heavy atom. The largest absolute Gasteiger partial charge is 0.481 e. The predicted molar refractivity (Wildman–Crippen MR) is 62.8 cm³/mol. The Morgan fingerprint density at radius 2 is 2.19 bits per heavy atom. The molecular formula is C10H14N2O3S. The third kappa shape index (κ3) is 5.35. The maximum absolute atomic E-state index is 11.3. The predicted octanol–water partition coefficient (Wildman–Crippen LogP) is 2.12. The van der Waals surface area contributed by atoms with Crippen molar-refractivity contribution in [2.45, 2.75) is 19.3 Å². The fourth-order valence-electron chi connectivity index (χ4n) is 1.11. The van der Waals surface area contributed by atoms with Crippen LogP contribution in [0.1, 0.15) is 19.3 Å². The first-order valence-corrected chi connectivity index (χ1v) is 5.91. The van der Waals surface area contributed by atoms with Crippen molar-refractivity contribution in [1.29, 1.82) is 0 Å². The van der Waals surface area contributed by atoms with Gasteiger partial charge in [0.25, 0.3) is 0 Å². The average Bonchev–Trinajstić information content (AvgIpc) is 2.69. The van der Waals surface area contributed by atoms with Gasteiger partial charge < -0.3 is 15.7 Å². The first kappa shape index (κ1) is 12.5. The summed E-state index contributed by atoms with van der Waals surface area (Å²) in [6.45, 7) is 0.489. The van der Waals surface area contributed by atoms with Crippen LogP contribution in [0.3, 0.4) is 0 Å². The fraction of sp³-hybridized carbons (Fsp3) is 0.400. The van der Waals surface area contributed by atoms with Gasteiger partial charge in [-0.05, 0) is 24.3 Å². The minimum Gasteiger partial charge on any atom is -0.481 e. The van der Waals surface area contributed by atoms with Crippen molar-refractivity contribution >= 4 is 29.0 Å². The molecule has 2 amide bonds. The number of aliphatic carboxylic acids is 1. The Bertz CT molecular complexity index is 338. The Balaban J connectivity index is 2.05. The van der Waals surface area contributed by atoms with Gasteiger partial charge in [0.1, 0.15) is 0 Å². The van der Waals surface area contributed by atoms with Gasteiger partial charge in [-0.3, -0.25) is 4.79 Å². The minimum atomic E-state index is -0.803. The zero-order valence-electron chi connectivity index (χ0n) is 8.73. The molecule has 0 spiro atoms. The molecule has 0 radical (unpaired) electrons. The molecule has 16 heavy (non-hydrogen) atoms. The van der Waals surface area contributed by atoms with Crippen LogP contribution in [0.4, 0.5) is 10.5 Å². The molecule has 0 saturated carbocycles. The number of carbonyl (C=O) groups is 2. The third-order valence-corrected chi connectivity index (χ3v) is 2.57. The van der Waals surface area contributed by atoms with Crippen LogP contribution in [0.2, 0.25) is 0 Å². The lowest BCUT2D eigenvalue weighted by atomic mass is 10.2. The van der Waals surface area contributed by atoms with Crippen LogP contribution >= 0.6 is 11.3 Å². The van der Waals surface area contributed by atoms with Gasteiger partial charge in [-0.15, -0.1) is 0 Å². The number of hydrogen-bond donors (Lipinski definition) is 3. The standard InChI is InChI=1S/C10H14N2O3S/c13-9(14)3-1-2-5-11-10(15)12-8-4-6-16-7-8/h4,6-7H,1-3,5H2,(H,13,14)(H2,11,12,15). The van der Waals surface area contributed by atoms with E-state index >= 15 is 0 Å². The molecule has 0 atom stereocenters. The lowest BCUT2D eigenvalue weighted by molar-refractivity contribution is -0.137. The summed E-state index contributed by atoms with van der Waals surface area (Å²) in [7, 11) is 0. The highest BCUT2D eigenvalue weighted by Gasteiger charge is 2.01. The number of nitrogens with one attached hydrogen (secondary N) is 2.